The molecule has 2 unspecified atom stereocenters. The van der Waals surface area contributed by atoms with E-state index in [2.05, 4.69) is 37.2 Å². The number of fused-ring (bicyclic) bond motifs is 16. The molecule has 0 radical (unpaired) electrons. The summed E-state index contributed by atoms with van der Waals surface area (Å²) in [6.07, 6.45) is -19.5. The van der Waals surface area contributed by atoms with E-state index in [1.54, 1.807) is 0 Å². The molecular formula is C67H76Cl2N8O25. The van der Waals surface area contributed by atoms with Crippen LogP contribution in [0.25, 0.3) is 11.1 Å². The molecule has 7 heterocycles. The van der Waals surface area contributed by atoms with Crippen LogP contribution in [0.3, 0.4) is 0 Å². The predicted octanol–water partition coefficient (Wildman–Crippen LogP) is 1.10. The van der Waals surface area contributed by atoms with Crippen LogP contribution in [0.2, 0.25) is 10.0 Å². The number of nitrogens with one attached hydrogen (secondary N) is 7. The molecule has 7 aliphatic rings. The van der Waals surface area contributed by atoms with Crippen molar-refractivity contribution in [3.63, 3.8) is 0 Å². The molecule has 20 N–H and O–H groups in total. The molecule has 2 fully saturated rings. The zero-order valence-electron chi connectivity index (χ0n) is 54.9. The van der Waals surface area contributed by atoms with Crippen LogP contribution in [0.15, 0.2) is 78.9 Å². The van der Waals surface area contributed by atoms with Crippen molar-refractivity contribution in [2.24, 2.45) is 11.7 Å². The SMILES string of the molecule is CN[C@H](CC(C)C)C(=O)N[C@H]1C(=O)N[C@H](CC(=O)O)CC(=O)N[C@H]2C(=O)N[C@H]3C(=O)N[C@H](C(=O)N[C@H](C(=O)O)c4cc(O)cc(O)c4-c4cc3ccc4O)[C@H](O)c3ccc(c(Cl)c3)Oc3cc2cc(c3O[C@@H]2O[C@H](CO)[C@@H](O)[C@H](O)C2OC2C[C@](C)(N)[C@H](O)[C@H](C)O2)Oc2ccc(cc2Cl)[C@H]1O. The van der Waals surface area contributed by atoms with Crippen LogP contribution in [0.1, 0.15) is 112 Å². The summed E-state index contributed by atoms with van der Waals surface area (Å²) in [4.78, 5) is 116. The fourth-order valence-electron chi connectivity index (χ4n) is 12.7. The number of carboxylic acid groups (broad SMARTS) is 2. The highest BCUT2D eigenvalue weighted by molar-refractivity contribution is 6.32. The van der Waals surface area contributed by atoms with E-state index < -0.39 is 244 Å². The molecule has 5 aromatic carbocycles. The van der Waals surface area contributed by atoms with Gasteiger partial charge in [-0.15, -0.1) is 0 Å². The normalized spacial score (nSPS) is 29.4. The lowest BCUT2D eigenvalue weighted by Crippen LogP contribution is -2.64. The number of amides is 6. The minimum atomic E-state index is -2.28. The van der Waals surface area contributed by atoms with E-state index in [-0.39, 0.29) is 46.2 Å². The number of carbonyl (C=O) groups excluding carboxylic acids is 6. The predicted molar refractivity (Wildman–Crippen MR) is 352 cm³/mol. The van der Waals surface area contributed by atoms with Crippen molar-refractivity contribution < 1.29 is 123 Å². The highest BCUT2D eigenvalue weighted by atomic mass is 35.5. The Hall–Kier alpha value is -9.20. The number of aliphatic hydroxyl groups is 6. The Morgan fingerprint density at radius 3 is 1.92 bits per heavy atom. The molecular weight excluding hydrogens is 1390 g/mol. The Balaban J connectivity index is 1.23. The number of nitrogens with two attached hydrogens (primary N) is 1. The standard InChI is InChI=1S/C67H76Cl2N8O25/c1-24(2)12-36(71-5)60(90)76-51-53(85)27-7-10-39(34(68)14-27)98-41-16-29-17-42(57(41)102-66-58(56(88)55(87)43(23-78)100-66)101-46-22-67(4,70)59(89)25(3)97-46)99-40-11-8-28(15-35(40)69)54(86)52-64(94)75-50(65(95)96)33-20-31(79)21-38(81)47(33)32-13-26(6-9-37(32)80)48(61(91)77-52)74-62(92)49(29)73-44(82)18-30(19-45(83)84)72-63(51)93/h6-11,13-17,20-21,24-25,30,36,43,46,48-56,58-59,66,71,78-81,85-89H,12,18-19,22-23,70H2,1-5H3,(H,72,93)(H,73,82)(H,74,92)(H,75,94)(H,76,90)(H,77,91)(H,83,84)(H,95,96)/t25-,30-,36+,43+,46?,48+,49+,50-,51+,52-,53+,54+,55+,56-,58?,59+,66-,67-/m0/s1. The van der Waals surface area contributed by atoms with Gasteiger partial charge >= 0.3 is 11.9 Å². The van der Waals surface area contributed by atoms with Crippen molar-refractivity contribution >= 4 is 70.6 Å². The summed E-state index contributed by atoms with van der Waals surface area (Å²) < 4.78 is 38.3. The third kappa shape index (κ3) is 16.2. The Labute approximate surface area is 590 Å². The molecule has 0 aliphatic carbocycles. The van der Waals surface area contributed by atoms with Crippen molar-refractivity contribution in [1.29, 1.82) is 0 Å². The molecule has 0 saturated carbocycles. The van der Waals surface area contributed by atoms with Crippen molar-refractivity contribution in [2.45, 2.75) is 163 Å². The van der Waals surface area contributed by atoms with Crippen molar-refractivity contribution in [3.8, 4) is 57.1 Å². The number of rotatable bonds is 13. The molecule has 2 saturated heterocycles. The number of aromatic hydroxyl groups is 3. The molecule has 548 valence electrons. The van der Waals surface area contributed by atoms with Crippen LogP contribution in [-0.2, 0) is 52.6 Å². The van der Waals surface area contributed by atoms with Crippen LogP contribution >= 0.6 is 23.2 Å². The lowest BCUT2D eigenvalue weighted by molar-refractivity contribution is -0.333. The van der Waals surface area contributed by atoms with Crippen molar-refractivity contribution in [2.75, 3.05) is 13.7 Å². The molecule has 0 spiro atoms. The second kappa shape index (κ2) is 30.8. The molecule has 7 aliphatic heterocycles. The summed E-state index contributed by atoms with van der Waals surface area (Å²) in [5.41, 5.74) is 2.33. The van der Waals surface area contributed by atoms with Crippen LogP contribution in [0, 0.1) is 5.92 Å². The van der Waals surface area contributed by atoms with Crippen molar-refractivity contribution in [1.82, 2.24) is 37.2 Å². The van der Waals surface area contributed by atoms with Gasteiger partial charge in [-0.3, -0.25) is 33.6 Å². The second-order valence-corrected chi connectivity index (χ2v) is 26.9. The van der Waals surface area contributed by atoms with Gasteiger partial charge in [-0.25, -0.2) is 4.79 Å². The maximum atomic E-state index is 16.0. The molecule has 0 aromatic heterocycles. The minimum Gasteiger partial charge on any atom is -0.508 e. The maximum absolute atomic E-state index is 16.0. The zero-order chi connectivity index (χ0) is 74.2. The second-order valence-electron chi connectivity index (χ2n) is 26.0. The molecule has 33 nitrogen and oxygen atoms in total. The average molecular weight is 1460 g/mol. The topological polar surface area (TPSA) is 525 Å². The Morgan fingerprint density at radius 2 is 1.33 bits per heavy atom. The lowest BCUT2D eigenvalue weighted by Gasteiger charge is -2.47. The van der Waals surface area contributed by atoms with E-state index in [1.165, 1.54) is 33.0 Å². The monoisotopic (exact) mass is 1460 g/mol. The number of ether oxygens (including phenoxy) is 6. The van der Waals surface area contributed by atoms with Crippen LogP contribution in [0.4, 0.5) is 0 Å². The van der Waals surface area contributed by atoms with Gasteiger partial charge in [0.2, 0.25) is 47.5 Å². The number of carbonyl (C=O) groups is 8. The Morgan fingerprint density at radius 1 is 0.716 bits per heavy atom. The van der Waals surface area contributed by atoms with Gasteiger partial charge in [0.05, 0.1) is 41.3 Å². The van der Waals surface area contributed by atoms with Crippen molar-refractivity contribution in [3.05, 3.63) is 117 Å². The highest BCUT2D eigenvalue weighted by Gasteiger charge is 2.51. The molecule has 5 aromatic rings. The largest absolute Gasteiger partial charge is 0.508 e. The molecule has 11 bridgehead atoms. The summed E-state index contributed by atoms with van der Waals surface area (Å²) in [5, 5.41) is 141. The van der Waals surface area contributed by atoms with E-state index in [1.807, 2.05) is 13.8 Å². The minimum absolute atomic E-state index is 0.0865. The first kappa shape index (κ1) is 75.5. The zero-order valence-corrected chi connectivity index (χ0v) is 56.4. The van der Waals surface area contributed by atoms with Gasteiger partial charge in [0, 0.05) is 47.2 Å². The number of carboxylic acids is 2. The van der Waals surface area contributed by atoms with Gasteiger partial charge < -0.3 is 128 Å². The van der Waals surface area contributed by atoms with E-state index >= 15 is 14.4 Å². The lowest BCUT2D eigenvalue weighted by atomic mass is 9.86. The van der Waals surface area contributed by atoms with Gasteiger partial charge in [-0.2, -0.15) is 0 Å². The first-order valence-corrected chi connectivity index (χ1v) is 32.8. The fraction of sp³-hybridized carbons (Fsp3) is 0.433. The van der Waals surface area contributed by atoms with Gasteiger partial charge in [0.25, 0.3) is 0 Å². The third-order valence-electron chi connectivity index (χ3n) is 18.0. The molecule has 102 heavy (non-hydrogen) atoms. The maximum Gasteiger partial charge on any atom is 0.330 e. The molecule has 12 rings (SSSR count). The number of benzene rings is 5. The molecule has 6 amide bonds. The summed E-state index contributed by atoms with van der Waals surface area (Å²) >= 11 is 14.1. The van der Waals surface area contributed by atoms with Crippen LogP contribution < -0.4 is 57.2 Å². The summed E-state index contributed by atoms with van der Waals surface area (Å²) in [7, 11) is 1.48. The van der Waals surface area contributed by atoms with Crippen LogP contribution in [0.5, 0.6) is 46.0 Å². The number of likely N-dealkylation sites (N-methyl/N-ethyl adjacent to an activating group) is 1. The van der Waals surface area contributed by atoms with Crippen LogP contribution in [-0.4, -0.2) is 196 Å². The van der Waals surface area contributed by atoms with Gasteiger partial charge in [0.1, 0.15) is 83.4 Å². The summed E-state index contributed by atoms with van der Waals surface area (Å²) in [6, 6.07) is -0.0549. The highest BCUT2D eigenvalue weighted by Crippen LogP contribution is 2.50. The fourth-order valence-corrected chi connectivity index (χ4v) is 13.2. The number of aliphatic hydroxyl groups excluding tert-OH is 6. The first-order chi connectivity index (χ1) is 48.1. The molecule has 35 heteroatoms. The number of phenolic OH excluding ortho intramolecular Hbond substituents is 3. The number of hydrogen-bond donors (Lipinski definition) is 19. The van der Waals surface area contributed by atoms with E-state index in [0.717, 1.165) is 66.7 Å². The Kier molecular flexibility index (Phi) is 22.8. The summed E-state index contributed by atoms with van der Waals surface area (Å²) in [6.45, 7) is 5.66. The Bertz CT molecular complexity index is 4090. The number of phenols is 3. The first-order valence-electron chi connectivity index (χ1n) is 32.0. The average Bonchev–Trinajstić information content (AvgIpc) is 0.798. The number of halogens is 2. The molecule has 18 atom stereocenters. The van der Waals surface area contributed by atoms with E-state index in [0.29, 0.717) is 0 Å². The number of hydrogen-bond acceptors (Lipinski definition) is 25. The van der Waals surface area contributed by atoms with Gasteiger partial charge in [0.15, 0.2) is 29.9 Å². The van der Waals surface area contributed by atoms with E-state index in [4.69, 9.17) is 57.4 Å². The quantitative estimate of drug-likeness (QED) is 0.0784. The van der Waals surface area contributed by atoms with E-state index in [9.17, 15) is 80.1 Å². The summed E-state index contributed by atoms with van der Waals surface area (Å²) in [5.74, 6) is -16.0. The third-order valence-corrected chi connectivity index (χ3v) is 18.5. The van der Waals surface area contributed by atoms with Gasteiger partial charge in [-0.05, 0) is 110 Å². The van der Waals surface area contributed by atoms with Gasteiger partial charge in [-0.1, -0.05) is 55.2 Å². The number of aliphatic carboxylic acids is 2. The smallest absolute Gasteiger partial charge is 0.330 e.